The summed E-state index contributed by atoms with van der Waals surface area (Å²) in [4.78, 5) is 5.00. The van der Waals surface area contributed by atoms with Crippen molar-refractivity contribution in [2.45, 2.75) is 19.3 Å². The van der Waals surface area contributed by atoms with E-state index in [1.165, 1.54) is 31.6 Å². The molecule has 0 radical (unpaired) electrons. The third-order valence-electron chi connectivity index (χ3n) is 3.13. The summed E-state index contributed by atoms with van der Waals surface area (Å²) in [6, 6.07) is 0. The Bertz CT molecular complexity index is 184. The highest BCUT2D eigenvalue weighted by molar-refractivity contribution is 7.93. The van der Waals surface area contributed by atoms with Crippen LogP contribution in [0.4, 0.5) is 0 Å². The van der Waals surface area contributed by atoms with Crippen LogP contribution >= 0.6 is 12.0 Å². The summed E-state index contributed by atoms with van der Waals surface area (Å²) in [6.07, 6.45) is 5.23. The summed E-state index contributed by atoms with van der Waals surface area (Å²) in [6.45, 7) is 8.03. The number of aliphatic hydroxyl groups excluding tert-OH is 1. The molecule has 0 bridgehead atoms. The molecule has 1 saturated heterocycles. The van der Waals surface area contributed by atoms with Gasteiger partial charge < -0.3 is 19.1 Å². The fourth-order valence-electron chi connectivity index (χ4n) is 2.20. The average Bonchev–Trinajstić information content (AvgIpc) is 2.57. The Morgan fingerprint density at radius 3 is 2.29 bits per heavy atom. The molecule has 1 aliphatic rings. The molecular weight excluding hydrogens is 236 g/mol. The van der Waals surface area contributed by atoms with E-state index >= 15 is 0 Å². The fraction of sp³-hybridized carbons (Fsp3) is 1.00. The lowest BCUT2D eigenvalue weighted by Gasteiger charge is -2.21. The molecule has 0 amide bonds. The summed E-state index contributed by atoms with van der Waals surface area (Å²) in [5, 5.41) is 8.83. The Morgan fingerprint density at radius 1 is 1.06 bits per heavy atom. The number of nitrogens with zero attached hydrogens (tertiary/aromatic N) is 2. The molecule has 0 aliphatic carbocycles. The molecule has 1 aliphatic heterocycles. The van der Waals surface area contributed by atoms with E-state index in [4.69, 9.17) is 9.29 Å². The third-order valence-corrected chi connectivity index (χ3v) is 3.54. The van der Waals surface area contributed by atoms with Gasteiger partial charge in [-0.2, -0.15) is 0 Å². The normalized spacial score (nSPS) is 19.4. The zero-order valence-corrected chi connectivity index (χ0v) is 11.8. The largest absolute Gasteiger partial charge is 0.396 e. The zero-order valence-electron chi connectivity index (χ0n) is 10.9. The molecule has 0 aromatic carbocycles. The van der Waals surface area contributed by atoms with Gasteiger partial charge in [-0.1, -0.05) is 0 Å². The van der Waals surface area contributed by atoms with E-state index in [0.717, 1.165) is 45.6 Å². The van der Waals surface area contributed by atoms with E-state index in [1.54, 1.807) is 0 Å². The van der Waals surface area contributed by atoms with Crippen LogP contribution in [0, 0.1) is 0 Å². The standard InChI is InChI=1S/C12H26N2O2S/c1-17-16-12-4-8-14-6-2-5-13(9-10-14)7-3-11-15/h15H,2-12H2,1H3. The average molecular weight is 262 g/mol. The van der Waals surface area contributed by atoms with E-state index < -0.39 is 0 Å². The lowest BCUT2D eigenvalue weighted by Crippen LogP contribution is -2.32. The quantitative estimate of drug-likeness (QED) is 0.523. The molecule has 0 aromatic rings. The molecule has 1 N–H and O–H groups in total. The third kappa shape index (κ3) is 7.26. The Kier molecular flexibility index (Phi) is 9.10. The van der Waals surface area contributed by atoms with Gasteiger partial charge in [0.15, 0.2) is 0 Å². The van der Waals surface area contributed by atoms with Gasteiger partial charge in [0.05, 0.1) is 6.61 Å². The van der Waals surface area contributed by atoms with Gasteiger partial charge in [-0.05, 0) is 44.4 Å². The van der Waals surface area contributed by atoms with E-state index in [-0.39, 0.29) is 0 Å². The molecule has 1 rings (SSSR count). The highest BCUT2D eigenvalue weighted by Gasteiger charge is 2.13. The monoisotopic (exact) mass is 262 g/mol. The minimum absolute atomic E-state index is 0.312. The lowest BCUT2D eigenvalue weighted by atomic mass is 10.3. The zero-order chi connectivity index (χ0) is 12.3. The number of hydrogen-bond acceptors (Lipinski definition) is 5. The van der Waals surface area contributed by atoms with E-state index in [0.29, 0.717) is 6.61 Å². The van der Waals surface area contributed by atoms with Gasteiger partial charge in [0.1, 0.15) is 0 Å². The van der Waals surface area contributed by atoms with Gasteiger partial charge in [0, 0.05) is 39.0 Å². The second-order valence-electron chi connectivity index (χ2n) is 4.46. The summed E-state index contributed by atoms with van der Waals surface area (Å²) >= 11 is 1.45. The van der Waals surface area contributed by atoms with Gasteiger partial charge in [-0.25, -0.2) is 0 Å². The molecule has 5 heteroatoms. The number of hydrogen-bond donors (Lipinski definition) is 1. The van der Waals surface area contributed by atoms with Gasteiger partial charge in [0.2, 0.25) is 0 Å². The smallest absolute Gasteiger partial charge is 0.0625 e. The Balaban J connectivity index is 2.09. The summed E-state index contributed by atoms with van der Waals surface area (Å²) in [7, 11) is 0. The van der Waals surface area contributed by atoms with Crippen LogP contribution in [0.5, 0.6) is 0 Å². The molecule has 0 saturated carbocycles. The first-order chi connectivity index (χ1) is 8.36. The van der Waals surface area contributed by atoms with Crippen LogP contribution in [0.1, 0.15) is 19.3 Å². The van der Waals surface area contributed by atoms with Gasteiger partial charge in [0.25, 0.3) is 0 Å². The van der Waals surface area contributed by atoms with Crippen molar-refractivity contribution in [1.29, 1.82) is 0 Å². The van der Waals surface area contributed by atoms with Gasteiger partial charge >= 0.3 is 0 Å². The fourth-order valence-corrected chi connectivity index (χ4v) is 2.48. The van der Waals surface area contributed by atoms with Crippen LogP contribution in [-0.4, -0.2) is 73.6 Å². The predicted molar refractivity (Wildman–Crippen MR) is 73.3 cm³/mol. The summed E-state index contributed by atoms with van der Waals surface area (Å²) in [5.74, 6) is 0. The Morgan fingerprint density at radius 2 is 1.71 bits per heavy atom. The molecule has 102 valence electrons. The minimum atomic E-state index is 0.312. The first kappa shape index (κ1) is 15.2. The second kappa shape index (κ2) is 10.1. The SMILES string of the molecule is CSOCCCN1CCCN(CCCO)CC1. The van der Waals surface area contributed by atoms with Crippen LogP contribution in [0.25, 0.3) is 0 Å². The van der Waals surface area contributed by atoms with Crippen LogP contribution < -0.4 is 0 Å². The van der Waals surface area contributed by atoms with Crippen molar-refractivity contribution in [3.8, 4) is 0 Å². The van der Waals surface area contributed by atoms with Crippen LogP contribution in [0.3, 0.4) is 0 Å². The first-order valence-electron chi connectivity index (χ1n) is 6.58. The lowest BCUT2D eigenvalue weighted by molar-refractivity contribution is 0.218. The van der Waals surface area contributed by atoms with Crippen molar-refractivity contribution >= 4 is 12.0 Å². The molecule has 0 unspecified atom stereocenters. The van der Waals surface area contributed by atoms with Crippen molar-refractivity contribution in [2.75, 3.05) is 58.7 Å². The molecular formula is C12H26N2O2S. The first-order valence-corrected chi connectivity index (χ1v) is 7.73. The predicted octanol–water partition coefficient (Wildman–Crippen LogP) is 1.06. The van der Waals surface area contributed by atoms with Crippen molar-refractivity contribution in [2.24, 2.45) is 0 Å². The van der Waals surface area contributed by atoms with Gasteiger partial charge in [-0.15, -0.1) is 0 Å². The van der Waals surface area contributed by atoms with Crippen LogP contribution in [0.2, 0.25) is 0 Å². The molecule has 0 spiro atoms. The molecule has 0 atom stereocenters. The second-order valence-corrected chi connectivity index (χ2v) is 5.03. The van der Waals surface area contributed by atoms with E-state index in [2.05, 4.69) is 9.80 Å². The van der Waals surface area contributed by atoms with E-state index in [9.17, 15) is 0 Å². The Labute approximate surface area is 110 Å². The summed E-state index contributed by atoms with van der Waals surface area (Å²) < 4.78 is 5.28. The topological polar surface area (TPSA) is 35.9 Å². The maximum atomic E-state index is 8.83. The minimum Gasteiger partial charge on any atom is -0.396 e. The van der Waals surface area contributed by atoms with Crippen molar-refractivity contribution in [3.63, 3.8) is 0 Å². The van der Waals surface area contributed by atoms with Crippen molar-refractivity contribution < 1.29 is 9.29 Å². The van der Waals surface area contributed by atoms with Crippen LogP contribution in [-0.2, 0) is 4.18 Å². The number of aliphatic hydroxyl groups is 1. The highest BCUT2D eigenvalue weighted by atomic mass is 32.2. The molecule has 1 heterocycles. The molecule has 0 aromatic heterocycles. The van der Waals surface area contributed by atoms with Crippen molar-refractivity contribution in [3.05, 3.63) is 0 Å². The maximum Gasteiger partial charge on any atom is 0.0625 e. The molecule has 17 heavy (non-hydrogen) atoms. The van der Waals surface area contributed by atoms with Crippen molar-refractivity contribution in [1.82, 2.24) is 9.80 Å². The highest BCUT2D eigenvalue weighted by Crippen LogP contribution is 2.05. The maximum absolute atomic E-state index is 8.83. The molecule has 1 fully saturated rings. The van der Waals surface area contributed by atoms with E-state index in [1.807, 2.05) is 6.26 Å². The number of rotatable bonds is 8. The van der Waals surface area contributed by atoms with Crippen LogP contribution in [0.15, 0.2) is 0 Å². The Hall–Kier alpha value is 0.190. The molecule has 4 nitrogen and oxygen atoms in total. The van der Waals surface area contributed by atoms with Gasteiger partial charge in [-0.3, -0.25) is 0 Å². The summed E-state index contributed by atoms with van der Waals surface area (Å²) in [5.41, 5.74) is 0.